The van der Waals surface area contributed by atoms with Crippen LogP contribution >= 0.6 is 8.53 Å². The second-order valence-corrected chi connectivity index (χ2v) is 11.0. The van der Waals surface area contributed by atoms with E-state index in [1.54, 1.807) is 0 Å². The Hall–Kier alpha value is -0.500. The Kier molecular flexibility index (Phi) is 35.5. The molecule has 0 aromatic heterocycles. The molecule has 5 nitrogen and oxygen atoms in total. The van der Waals surface area contributed by atoms with Crippen LogP contribution in [0.15, 0.2) is 13.2 Å². The van der Waals surface area contributed by atoms with Gasteiger partial charge in [0.25, 0.3) is 8.53 Å². The first-order valence-corrected chi connectivity index (χ1v) is 14.1. The maximum absolute atomic E-state index is 8.70. The maximum Gasteiger partial charge on any atom is 0.259 e. The van der Waals surface area contributed by atoms with Crippen molar-refractivity contribution in [1.29, 1.82) is 5.26 Å². The highest BCUT2D eigenvalue weighted by Crippen LogP contribution is 2.46. The predicted molar refractivity (Wildman–Crippen MR) is 151 cm³/mol. The molecule has 1 atom stereocenters. The quantitative estimate of drug-likeness (QED) is 0.133. The largest absolute Gasteiger partial charge is 0.322 e. The lowest BCUT2D eigenvalue weighted by Crippen LogP contribution is -2.33. The van der Waals surface area contributed by atoms with Crippen LogP contribution in [-0.2, 0) is 9.05 Å². The fourth-order valence-corrected chi connectivity index (χ4v) is 4.09. The molecule has 1 N–H and O–H groups in total. The van der Waals surface area contributed by atoms with Crippen molar-refractivity contribution in [2.45, 2.75) is 127 Å². The number of nitrogens with zero attached hydrogens (tertiary/aromatic N) is 2. The van der Waals surface area contributed by atoms with E-state index in [2.05, 4.69) is 91.5 Å². The van der Waals surface area contributed by atoms with E-state index < -0.39 is 8.53 Å². The van der Waals surface area contributed by atoms with Crippen LogP contribution in [0.5, 0.6) is 0 Å². The summed E-state index contributed by atoms with van der Waals surface area (Å²) in [5, 5.41) is 12.1. The lowest BCUT2D eigenvalue weighted by molar-refractivity contribution is 0.174. The van der Waals surface area contributed by atoms with Crippen LogP contribution in [0.3, 0.4) is 0 Å². The fraction of sp³-hybridized carbons (Fsp3) is 0.889. The molecule has 0 aromatic rings. The Labute approximate surface area is 210 Å². The lowest BCUT2D eigenvalue weighted by atomic mass is 10.0. The molecule has 0 saturated heterocycles. The summed E-state index contributed by atoms with van der Waals surface area (Å²) < 4.78 is 14.2. The first-order valence-electron chi connectivity index (χ1n) is 13.0. The zero-order valence-corrected chi connectivity index (χ0v) is 25.2. The number of hydrogen-bond acceptors (Lipinski definition) is 5. The number of unbranched alkanes of at least 4 members (excludes halogenated alkanes) is 3. The van der Waals surface area contributed by atoms with Crippen LogP contribution in [0.4, 0.5) is 0 Å². The van der Waals surface area contributed by atoms with Gasteiger partial charge in [-0.3, -0.25) is 0 Å². The van der Waals surface area contributed by atoms with Gasteiger partial charge in [0.1, 0.15) is 0 Å². The molecule has 0 rings (SSSR count). The summed E-state index contributed by atoms with van der Waals surface area (Å²) in [7, 11) is -1.08. The molecule has 33 heavy (non-hydrogen) atoms. The minimum absolute atomic E-state index is 0.364. The average molecular weight is 490 g/mol. The van der Waals surface area contributed by atoms with Crippen molar-refractivity contribution in [1.82, 2.24) is 9.99 Å². The molecule has 0 aromatic carbocycles. The normalized spacial score (nSPS) is 11.5. The third-order valence-electron chi connectivity index (χ3n) is 3.54. The molecule has 0 heterocycles. The molecule has 0 aliphatic heterocycles. The van der Waals surface area contributed by atoms with E-state index in [-0.39, 0.29) is 0 Å². The van der Waals surface area contributed by atoms with Gasteiger partial charge in [-0.1, -0.05) is 61.3 Å². The number of nitrogens with one attached hydrogen (secondary N) is 1. The van der Waals surface area contributed by atoms with E-state index >= 15 is 0 Å². The van der Waals surface area contributed by atoms with Gasteiger partial charge in [0, 0.05) is 12.1 Å². The molecule has 0 bridgehead atoms. The second kappa shape index (κ2) is 29.5. The Morgan fingerprint density at radius 3 is 1.76 bits per heavy atom. The molecule has 0 aliphatic carbocycles. The highest BCUT2D eigenvalue weighted by Gasteiger charge is 2.26. The van der Waals surface area contributed by atoms with Gasteiger partial charge in [-0.25, -0.2) is 4.67 Å². The first kappa shape index (κ1) is 39.7. The van der Waals surface area contributed by atoms with Gasteiger partial charge in [-0.15, -0.1) is 13.2 Å². The van der Waals surface area contributed by atoms with Crippen LogP contribution in [-0.4, -0.2) is 43.1 Å². The molecule has 0 amide bonds. The third kappa shape index (κ3) is 36.2. The van der Waals surface area contributed by atoms with Crippen molar-refractivity contribution < 1.29 is 9.05 Å². The molecule has 0 spiro atoms. The maximum atomic E-state index is 8.70. The molecular weight excluding hydrogens is 429 g/mol. The average Bonchev–Trinajstić information content (AvgIpc) is 2.73. The summed E-state index contributed by atoms with van der Waals surface area (Å²) in [6, 6.07) is 2.86. The summed E-state index contributed by atoms with van der Waals surface area (Å²) in [5.41, 5.74) is 0.500. The zero-order valence-electron chi connectivity index (χ0n) is 24.3. The van der Waals surface area contributed by atoms with Crippen molar-refractivity contribution >= 4 is 8.53 Å². The molecule has 0 aliphatic rings. The topological polar surface area (TPSA) is 57.5 Å². The molecule has 0 saturated carbocycles. The summed E-state index contributed by atoms with van der Waals surface area (Å²) in [6.07, 6.45) is 6.35. The number of rotatable bonds is 16. The highest BCUT2D eigenvalue weighted by atomic mass is 31.2. The van der Waals surface area contributed by atoms with Gasteiger partial charge >= 0.3 is 0 Å². The van der Waals surface area contributed by atoms with Gasteiger partial charge in [0.2, 0.25) is 0 Å². The van der Waals surface area contributed by atoms with Crippen LogP contribution in [0, 0.1) is 16.7 Å². The summed E-state index contributed by atoms with van der Waals surface area (Å²) in [4.78, 5) is 0. The van der Waals surface area contributed by atoms with Crippen molar-refractivity contribution in [3.8, 4) is 6.07 Å². The van der Waals surface area contributed by atoms with Crippen LogP contribution in [0.25, 0.3) is 0 Å². The number of hydrogen-bond donors (Lipinski definition) is 1. The number of nitriles is 1. The molecule has 1 unspecified atom stereocenters. The van der Waals surface area contributed by atoms with Crippen LogP contribution in [0.2, 0.25) is 0 Å². The van der Waals surface area contributed by atoms with E-state index in [1.807, 2.05) is 13.8 Å². The molecule has 0 fully saturated rings. The monoisotopic (exact) mass is 489 g/mol. The molecule has 200 valence electrons. The minimum Gasteiger partial charge on any atom is -0.322 e. The van der Waals surface area contributed by atoms with E-state index in [0.717, 1.165) is 26.1 Å². The third-order valence-corrected chi connectivity index (χ3v) is 5.65. The van der Waals surface area contributed by atoms with Crippen LogP contribution < -0.4 is 5.32 Å². The second-order valence-electron chi connectivity index (χ2n) is 9.54. The van der Waals surface area contributed by atoms with Gasteiger partial charge in [-0.2, -0.15) is 5.26 Å². The molecule has 6 heteroatoms. The van der Waals surface area contributed by atoms with Gasteiger partial charge in [-0.05, 0) is 65.5 Å². The van der Waals surface area contributed by atoms with E-state index in [4.69, 9.17) is 14.3 Å². The summed E-state index contributed by atoms with van der Waals surface area (Å²) in [6.45, 7) is 33.0. The van der Waals surface area contributed by atoms with Crippen molar-refractivity contribution in [2.75, 3.05) is 26.3 Å². The lowest BCUT2D eigenvalue weighted by Gasteiger charge is -2.35. The van der Waals surface area contributed by atoms with Gasteiger partial charge in [0.15, 0.2) is 0 Å². The highest BCUT2D eigenvalue weighted by molar-refractivity contribution is 7.44. The fourth-order valence-electron chi connectivity index (χ4n) is 2.46. The van der Waals surface area contributed by atoms with Crippen molar-refractivity contribution in [2.24, 2.45) is 5.41 Å². The Bertz CT molecular complexity index is 393. The molecular formula is C27H60N3O2P. The van der Waals surface area contributed by atoms with Gasteiger partial charge < -0.3 is 14.4 Å². The smallest absolute Gasteiger partial charge is 0.259 e. The van der Waals surface area contributed by atoms with Crippen LogP contribution in [0.1, 0.15) is 115 Å². The standard InChI is InChI=1S/C18H38N3O2P.C5H12.C2H6.C2H4/c1-6-13-20-14-9-7-8-10-15-22-24(23-16-11-12-19)21(17(2)3)18(4)5;1-5(2,3)4;2*1-2/h17-18,20H,6-11,13-16H2,1-5H3;1-4H3;1-2H3;1-2H2. The first-order chi connectivity index (χ1) is 15.5. The van der Waals surface area contributed by atoms with Gasteiger partial charge in [0.05, 0.1) is 25.7 Å². The summed E-state index contributed by atoms with van der Waals surface area (Å²) in [5.74, 6) is 0. The Balaban J connectivity index is -0.000000401. The predicted octanol–water partition coefficient (Wildman–Crippen LogP) is 8.72. The van der Waals surface area contributed by atoms with E-state index in [0.29, 0.717) is 30.5 Å². The minimum atomic E-state index is -1.08. The Morgan fingerprint density at radius 1 is 0.879 bits per heavy atom. The van der Waals surface area contributed by atoms with E-state index in [1.165, 1.54) is 25.7 Å². The SMILES string of the molecule is C=C.CC.CC(C)(C)C.CCCNCCCCCCOP(OCCC#N)N(C(C)C)C(C)C. The summed E-state index contributed by atoms with van der Waals surface area (Å²) >= 11 is 0. The van der Waals surface area contributed by atoms with Crippen molar-refractivity contribution in [3.63, 3.8) is 0 Å². The molecule has 0 radical (unpaired) electrons. The van der Waals surface area contributed by atoms with Crippen molar-refractivity contribution in [3.05, 3.63) is 13.2 Å². The zero-order chi connectivity index (χ0) is 26.7. The van der Waals surface area contributed by atoms with E-state index in [9.17, 15) is 0 Å². The Morgan fingerprint density at radius 2 is 1.33 bits per heavy atom.